The van der Waals surface area contributed by atoms with Crippen LogP contribution in [0.25, 0.3) is 11.2 Å². The molecule has 0 aliphatic carbocycles. The van der Waals surface area contributed by atoms with Gasteiger partial charge in [-0.3, -0.25) is 23.5 Å². The van der Waals surface area contributed by atoms with Crippen LogP contribution in [0.4, 0.5) is 0 Å². The van der Waals surface area contributed by atoms with Gasteiger partial charge in [-0.1, -0.05) is 6.07 Å². The van der Waals surface area contributed by atoms with Gasteiger partial charge in [0, 0.05) is 19.3 Å². The maximum absolute atomic E-state index is 12.5. The number of aryl methyl sites for hydroxylation is 1. The van der Waals surface area contributed by atoms with Crippen molar-refractivity contribution in [1.29, 1.82) is 0 Å². The van der Waals surface area contributed by atoms with Crippen LogP contribution in [0.5, 0.6) is 11.5 Å². The Hall–Kier alpha value is -3.62. The number of benzene rings is 1. The van der Waals surface area contributed by atoms with Crippen LogP contribution < -0.4 is 25.9 Å². The molecule has 2 aromatic heterocycles. The number of pyridine rings is 1. The maximum atomic E-state index is 12.5. The van der Waals surface area contributed by atoms with Gasteiger partial charge in [0.05, 0.1) is 19.7 Å². The van der Waals surface area contributed by atoms with Gasteiger partial charge in [0.2, 0.25) is 5.91 Å². The number of carbonyl (C=O) groups excluding carboxylic acids is 1. The van der Waals surface area contributed by atoms with Crippen molar-refractivity contribution in [2.24, 2.45) is 0 Å². The van der Waals surface area contributed by atoms with Crippen LogP contribution in [0.2, 0.25) is 0 Å². The molecule has 0 aliphatic heterocycles. The molecule has 0 spiro atoms. The lowest BCUT2D eigenvalue weighted by atomic mass is 10.1. The lowest BCUT2D eigenvalue weighted by Crippen LogP contribution is -2.44. The first-order valence-corrected chi connectivity index (χ1v) is 9.56. The zero-order valence-electron chi connectivity index (χ0n) is 17.2. The summed E-state index contributed by atoms with van der Waals surface area (Å²) in [6.45, 7) is 2.19. The Morgan fingerprint density at radius 1 is 1.07 bits per heavy atom. The molecule has 158 valence electrons. The van der Waals surface area contributed by atoms with E-state index in [1.165, 1.54) is 9.13 Å². The molecule has 0 fully saturated rings. The molecule has 1 amide bonds. The highest BCUT2D eigenvalue weighted by Crippen LogP contribution is 2.27. The molecular weight excluding hydrogens is 388 g/mol. The minimum atomic E-state index is -0.743. The fourth-order valence-corrected chi connectivity index (χ4v) is 3.28. The van der Waals surface area contributed by atoms with Gasteiger partial charge in [0.25, 0.3) is 0 Å². The summed E-state index contributed by atoms with van der Waals surface area (Å²) in [7, 11) is 3.13. The number of aromatic nitrogens is 3. The number of ether oxygens (including phenoxy) is 2. The summed E-state index contributed by atoms with van der Waals surface area (Å²) in [4.78, 5) is 41.5. The molecule has 0 atom stereocenters. The van der Waals surface area contributed by atoms with Crippen molar-refractivity contribution in [3.8, 4) is 11.5 Å². The predicted octanol–water partition coefficient (Wildman–Crippen LogP) is 0.954. The Bertz CT molecular complexity index is 1180. The number of nitrogens with zero attached hydrogens (tertiary/aromatic N) is 3. The van der Waals surface area contributed by atoms with Crippen LogP contribution in [-0.4, -0.2) is 40.8 Å². The Kier molecular flexibility index (Phi) is 6.51. The number of amides is 1. The third-order valence-corrected chi connectivity index (χ3v) is 4.79. The monoisotopic (exact) mass is 412 g/mol. The Labute approximate surface area is 172 Å². The number of methoxy groups -OCH3 is 2. The van der Waals surface area contributed by atoms with Crippen molar-refractivity contribution in [3.05, 3.63) is 62.8 Å². The fourth-order valence-electron chi connectivity index (χ4n) is 3.28. The maximum Gasteiger partial charge on any atom is 0.318 e. The van der Waals surface area contributed by atoms with Crippen molar-refractivity contribution in [2.45, 2.75) is 26.4 Å². The van der Waals surface area contributed by atoms with Gasteiger partial charge >= 0.3 is 11.1 Å². The number of hydrogen-bond acceptors (Lipinski definition) is 6. The van der Waals surface area contributed by atoms with E-state index in [0.29, 0.717) is 42.2 Å². The molecule has 30 heavy (non-hydrogen) atoms. The van der Waals surface area contributed by atoms with Crippen LogP contribution in [0, 0.1) is 0 Å². The second-order valence-electron chi connectivity index (χ2n) is 6.58. The molecule has 2 heterocycles. The number of carbonyl (C=O) groups is 1. The van der Waals surface area contributed by atoms with E-state index >= 15 is 0 Å². The van der Waals surface area contributed by atoms with Gasteiger partial charge in [0.1, 0.15) is 6.54 Å². The molecule has 0 bridgehead atoms. The molecule has 0 unspecified atom stereocenters. The SMILES string of the molecule is CCn1c(=O)c(=O)n(CC(=O)NCCc2ccc(OC)c(OC)c2)c2cccnc21. The number of hydrogen-bond donors (Lipinski definition) is 1. The van der Waals surface area contributed by atoms with E-state index in [4.69, 9.17) is 9.47 Å². The third-order valence-electron chi connectivity index (χ3n) is 4.79. The van der Waals surface area contributed by atoms with Crippen LogP contribution >= 0.6 is 0 Å². The van der Waals surface area contributed by atoms with Crippen molar-refractivity contribution in [3.63, 3.8) is 0 Å². The van der Waals surface area contributed by atoms with Crippen LogP contribution in [0.1, 0.15) is 12.5 Å². The average Bonchev–Trinajstić information content (AvgIpc) is 2.77. The Balaban J connectivity index is 1.73. The third kappa shape index (κ3) is 4.19. The predicted molar refractivity (Wildman–Crippen MR) is 112 cm³/mol. The minimum absolute atomic E-state index is 0.257. The van der Waals surface area contributed by atoms with E-state index in [-0.39, 0.29) is 12.5 Å². The summed E-state index contributed by atoms with van der Waals surface area (Å²) in [6, 6.07) is 8.88. The van der Waals surface area contributed by atoms with Crippen molar-refractivity contribution >= 4 is 17.1 Å². The zero-order valence-corrected chi connectivity index (χ0v) is 17.2. The summed E-state index contributed by atoms with van der Waals surface area (Å²) in [5, 5.41) is 2.79. The molecule has 3 aromatic rings. The number of fused-ring (bicyclic) bond motifs is 1. The lowest BCUT2D eigenvalue weighted by Gasteiger charge is -2.13. The van der Waals surface area contributed by atoms with Crippen molar-refractivity contribution in [2.75, 3.05) is 20.8 Å². The summed E-state index contributed by atoms with van der Waals surface area (Å²) in [5.74, 6) is 0.881. The Morgan fingerprint density at radius 2 is 1.80 bits per heavy atom. The highest BCUT2D eigenvalue weighted by atomic mass is 16.5. The highest BCUT2D eigenvalue weighted by molar-refractivity contribution is 5.78. The minimum Gasteiger partial charge on any atom is -0.493 e. The van der Waals surface area contributed by atoms with E-state index < -0.39 is 11.1 Å². The summed E-state index contributed by atoms with van der Waals surface area (Å²) < 4.78 is 13.0. The van der Waals surface area contributed by atoms with E-state index in [0.717, 1.165) is 5.56 Å². The summed E-state index contributed by atoms with van der Waals surface area (Å²) in [6.07, 6.45) is 2.12. The fraction of sp³-hybridized carbons (Fsp3) is 0.333. The van der Waals surface area contributed by atoms with E-state index in [1.807, 2.05) is 12.1 Å². The van der Waals surface area contributed by atoms with Gasteiger partial charge < -0.3 is 14.8 Å². The first-order chi connectivity index (χ1) is 14.5. The number of nitrogens with one attached hydrogen (secondary N) is 1. The standard InChI is InChI=1S/C21H24N4O5/c1-4-24-19-15(6-5-10-23-19)25(21(28)20(24)27)13-18(26)22-11-9-14-7-8-16(29-2)17(12-14)30-3/h5-8,10,12H,4,9,11,13H2,1-3H3,(H,22,26). The molecule has 0 saturated carbocycles. The smallest absolute Gasteiger partial charge is 0.318 e. The molecule has 0 aliphatic rings. The zero-order chi connectivity index (χ0) is 21.7. The normalized spacial score (nSPS) is 10.8. The molecular formula is C21H24N4O5. The van der Waals surface area contributed by atoms with Gasteiger partial charge in [-0.2, -0.15) is 0 Å². The molecule has 1 N–H and O–H groups in total. The van der Waals surface area contributed by atoms with Gasteiger partial charge in [0.15, 0.2) is 17.1 Å². The van der Waals surface area contributed by atoms with Gasteiger partial charge in [-0.15, -0.1) is 0 Å². The first kappa shape index (κ1) is 21.1. The quantitative estimate of drug-likeness (QED) is 0.553. The van der Waals surface area contributed by atoms with E-state index in [1.54, 1.807) is 45.5 Å². The van der Waals surface area contributed by atoms with Crippen molar-refractivity contribution in [1.82, 2.24) is 19.4 Å². The summed E-state index contributed by atoms with van der Waals surface area (Å²) in [5.41, 5.74) is 0.348. The molecule has 0 saturated heterocycles. The van der Waals surface area contributed by atoms with Crippen molar-refractivity contribution < 1.29 is 14.3 Å². The number of rotatable bonds is 8. The van der Waals surface area contributed by atoms with Crippen LogP contribution in [-0.2, 0) is 24.3 Å². The molecule has 9 heteroatoms. The molecule has 3 rings (SSSR count). The lowest BCUT2D eigenvalue weighted by molar-refractivity contribution is -0.121. The molecule has 0 radical (unpaired) electrons. The Morgan fingerprint density at radius 3 is 2.50 bits per heavy atom. The van der Waals surface area contributed by atoms with Crippen LogP contribution in [0.15, 0.2) is 46.1 Å². The average molecular weight is 412 g/mol. The molecule has 9 nitrogen and oxygen atoms in total. The summed E-state index contributed by atoms with van der Waals surface area (Å²) >= 11 is 0. The second kappa shape index (κ2) is 9.25. The first-order valence-electron chi connectivity index (χ1n) is 9.56. The largest absolute Gasteiger partial charge is 0.493 e. The second-order valence-corrected chi connectivity index (χ2v) is 6.58. The van der Waals surface area contributed by atoms with Gasteiger partial charge in [-0.25, -0.2) is 4.98 Å². The van der Waals surface area contributed by atoms with E-state index in [2.05, 4.69) is 10.3 Å². The van der Waals surface area contributed by atoms with E-state index in [9.17, 15) is 14.4 Å². The highest BCUT2D eigenvalue weighted by Gasteiger charge is 2.15. The molecule has 1 aromatic carbocycles. The van der Waals surface area contributed by atoms with Crippen LogP contribution in [0.3, 0.4) is 0 Å². The van der Waals surface area contributed by atoms with Gasteiger partial charge in [-0.05, 0) is 43.2 Å². The topological polar surface area (TPSA) is 104 Å².